The van der Waals surface area contributed by atoms with E-state index in [1.54, 1.807) is 12.1 Å². The second kappa shape index (κ2) is 6.59. The fourth-order valence-corrected chi connectivity index (χ4v) is 2.63. The van der Waals surface area contributed by atoms with E-state index in [-0.39, 0.29) is 18.1 Å². The van der Waals surface area contributed by atoms with Crippen LogP contribution in [0, 0.1) is 5.92 Å². The number of nitrogens with one attached hydrogen (secondary N) is 1. The van der Waals surface area contributed by atoms with Crippen molar-refractivity contribution in [3.63, 3.8) is 0 Å². The van der Waals surface area contributed by atoms with Crippen LogP contribution in [-0.2, 0) is 0 Å². The highest BCUT2D eigenvalue weighted by atomic mass is 79.9. The minimum absolute atomic E-state index is 0.0727. The summed E-state index contributed by atoms with van der Waals surface area (Å²) in [5.41, 5.74) is 6.31. The molecule has 110 valence electrons. The number of nitrogens with two attached hydrogens (primary N) is 1. The molecule has 0 bridgehead atoms. The van der Waals surface area contributed by atoms with Gasteiger partial charge in [-0.25, -0.2) is 0 Å². The quantitative estimate of drug-likeness (QED) is 0.836. The smallest absolute Gasteiger partial charge is 0.251 e. The second-order valence-electron chi connectivity index (χ2n) is 5.50. The molecule has 1 unspecified atom stereocenters. The topological polar surface area (TPSA) is 64.3 Å². The van der Waals surface area contributed by atoms with E-state index >= 15 is 0 Å². The Morgan fingerprint density at radius 2 is 2.15 bits per heavy atom. The predicted molar refractivity (Wildman–Crippen MR) is 82.9 cm³/mol. The van der Waals surface area contributed by atoms with Crippen molar-refractivity contribution in [2.45, 2.75) is 38.8 Å². The van der Waals surface area contributed by atoms with Crippen LogP contribution in [0.15, 0.2) is 22.7 Å². The fourth-order valence-electron chi connectivity index (χ4n) is 2.15. The summed E-state index contributed by atoms with van der Waals surface area (Å²) >= 11 is 3.41. The SMILES string of the molecule is CC(C)Oc1cc(Br)cc(C(=O)NC(CN)C2CC2)c1. The van der Waals surface area contributed by atoms with E-state index in [2.05, 4.69) is 21.2 Å². The van der Waals surface area contributed by atoms with E-state index < -0.39 is 0 Å². The third kappa shape index (κ3) is 4.21. The lowest BCUT2D eigenvalue weighted by molar-refractivity contribution is 0.0932. The van der Waals surface area contributed by atoms with E-state index in [4.69, 9.17) is 10.5 Å². The molecule has 1 amide bonds. The van der Waals surface area contributed by atoms with Gasteiger partial charge in [-0.3, -0.25) is 4.79 Å². The van der Waals surface area contributed by atoms with Crippen LogP contribution in [0.25, 0.3) is 0 Å². The lowest BCUT2D eigenvalue weighted by Crippen LogP contribution is -2.41. The monoisotopic (exact) mass is 340 g/mol. The van der Waals surface area contributed by atoms with E-state index in [1.165, 1.54) is 0 Å². The Kier molecular flexibility index (Phi) is 5.05. The Balaban J connectivity index is 2.10. The summed E-state index contributed by atoms with van der Waals surface area (Å²) in [4.78, 5) is 12.3. The van der Waals surface area contributed by atoms with E-state index in [9.17, 15) is 4.79 Å². The lowest BCUT2D eigenvalue weighted by atomic mass is 10.1. The molecular formula is C15H21BrN2O2. The molecule has 1 aromatic carbocycles. The van der Waals surface area contributed by atoms with Gasteiger partial charge in [0, 0.05) is 22.6 Å². The molecule has 4 nitrogen and oxygen atoms in total. The molecule has 0 saturated heterocycles. The number of rotatable bonds is 6. The van der Waals surface area contributed by atoms with Gasteiger partial charge in [-0.1, -0.05) is 15.9 Å². The van der Waals surface area contributed by atoms with Crippen LogP contribution in [0.4, 0.5) is 0 Å². The number of ether oxygens (including phenoxy) is 1. The van der Waals surface area contributed by atoms with Gasteiger partial charge in [-0.05, 0) is 50.8 Å². The van der Waals surface area contributed by atoms with Gasteiger partial charge in [-0.2, -0.15) is 0 Å². The summed E-state index contributed by atoms with van der Waals surface area (Å²) in [5, 5.41) is 3.01. The first-order chi connectivity index (χ1) is 9.49. The molecule has 3 N–H and O–H groups in total. The number of amides is 1. The van der Waals surface area contributed by atoms with Crippen LogP contribution < -0.4 is 15.8 Å². The molecule has 1 aliphatic carbocycles. The van der Waals surface area contributed by atoms with Gasteiger partial charge in [0.05, 0.1) is 6.10 Å². The number of carbonyl (C=O) groups excluding carboxylic acids is 1. The molecule has 1 aromatic rings. The summed E-state index contributed by atoms with van der Waals surface area (Å²) in [6.07, 6.45) is 2.38. The first kappa shape index (κ1) is 15.3. The number of carbonyl (C=O) groups is 1. The maximum absolute atomic E-state index is 12.3. The molecule has 1 fully saturated rings. The van der Waals surface area contributed by atoms with E-state index in [0.29, 0.717) is 23.8 Å². The van der Waals surface area contributed by atoms with Crippen LogP contribution in [0.2, 0.25) is 0 Å². The van der Waals surface area contributed by atoms with Gasteiger partial charge in [0.15, 0.2) is 0 Å². The Morgan fingerprint density at radius 1 is 1.45 bits per heavy atom. The lowest BCUT2D eigenvalue weighted by Gasteiger charge is -2.17. The first-order valence-corrected chi connectivity index (χ1v) is 7.77. The normalized spacial score (nSPS) is 16.1. The minimum atomic E-state index is -0.0951. The predicted octanol–water partition coefficient (Wildman–Crippen LogP) is 2.70. The van der Waals surface area contributed by atoms with Crippen molar-refractivity contribution >= 4 is 21.8 Å². The molecule has 1 aliphatic rings. The van der Waals surface area contributed by atoms with Crippen molar-refractivity contribution in [3.05, 3.63) is 28.2 Å². The molecule has 0 spiro atoms. The van der Waals surface area contributed by atoms with Crippen LogP contribution in [-0.4, -0.2) is 24.6 Å². The standard InChI is InChI=1S/C15H21BrN2O2/c1-9(2)20-13-6-11(5-12(16)7-13)15(19)18-14(8-17)10-3-4-10/h5-7,9-10,14H,3-4,8,17H2,1-2H3,(H,18,19). The molecule has 5 heteroatoms. The zero-order valence-electron chi connectivity index (χ0n) is 11.9. The average Bonchev–Trinajstić information content (AvgIpc) is 3.18. The van der Waals surface area contributed by atoms with Crippen molar-refractivity contribution in [2.24, 2.45) is 11.7 Å². The Morgan fingerprint density at radius 3 is 2.70 bits per heavy atom. The van der Waals surface area contributed by atoms with Gasteiger partial charge < -0.3 is 15.8 Å². The maximum atomic E-state index is 12.3. The fraction of sp³-hybridized carbons (Fsp3) is 0.533. The highest BCUT2D eigenvalue weighted by molar-refractivity contribution is 9.10. The second-order valence-corrected chi connectivity index (χ2v) is 6.41. The highest BCUT2D eigenvalue weighted by Crippen LogP contribution is 2.32. The van der Waals surface area contributed by atoms with Gasteiger partial charge in [0.2, 0.25) is 0 Å². The summed E-state index contributed by atoms with van der Waals surface area (Å²) in [7, 11) is 0. The van der Waals surface area contributed by atoms with Crippen LogP contribution in [0.3, 0.4) is 0 Å². The van der Waals surface area contributed by atoms with Crippen molar-refractivity contribution < 1.29 is 9.53 Å². The van der Waals surface area contributed by atoms with Crippen molar-refractivity contribution in [1.29, 1.82) is 0 Å². The summed E-state index contributed by atoms with van der Waals surface area (Å²) < 4.78 is 6.47. The van der Waals surface area contributed by atoms with Crippen LogP contribution >= 0.6 is 15.9 Å². The molecular weight excluding hydrogens is 320 g/mol. The number of hydrogen-bond donors (Lipinski definition) is 2. The maximum Gasteiger partial charge on any atom is 0.251 e. The molecule has 0 aromatic heterocycles. The van der Waals surface area contributed by atoms with Gasteiger partial charge in [0.1, 0.15) is 5.75 Å². The van der Waals surface area contributed by atoms with Crippen molar-refractivity contribution in [2.75, 3.05) is 6.54 Å². The molecule has 20 heavy (non-hydrogen) atoms. The third-order valence-electron chi connectivity index (χ3n) is 3.27. The summed E-state index contributed by atoms with van der Waals surface area (Å²) in [6.45, 7) is 4.40. The number of halogens is 1. The molecule has 0 radical (unpaired) electrons. The third-order valence-corrected chi connectivity index (χ3v) is 3.72. The first-order valence-electron chi connectivity index (χ1n) is 6.97. The summed E-state index contributed by atoms with van der Waals surface area (Å²) in [5.74, 6) is 1.14. The minimum Gasteiger partial charge on any atom is -0.491 e. The Labute approximate surface area is 128 Å². The molecule has 1 saturated carbocycles. The largest absolute Gasteiger partial charge is 0.491 e. The zero-order chi connectivity index (χ0) is 14.7. The van der Waals surface area contributed by atoms with Gasteiger partial charge in [0.25, 0.3) is 5.91 Å². The Hall–Kier alpha value is -1.07. The highest BCUT2D eigenvalue weighted by Gasteiger charge is 2.31. The molecule has 0 aliphatic heterocycles. The van der Waals surface area contributed by atoms with Crippen LogP contribution in [0.1, 0.15) is 37.0 Å². The molecule has 2 rings (SSSR count). The van der Waals surface area contributed by atoms with Crippen molar-refractivity contribution in [1.82, 2.24) is 5.32 Å². The number of hydrogen-bond acceptors (Lipinski definition) is 3. The molecule has 0 heterocycles. The molecule has 1 atom stereocenters. The summed E-state index contributed by atoms with van der Waals surface area (Å²) in [6, 6.07) is 5.50. The van der Waals surface area contributed by atoms with Gasteiger partial charge >= 0.3 is 0 Å². The van der Waals surface area contributed by atoms with E-state index in [1.807, 2.05) is 19.9 Å². The number of benzene rings is 1. The zero-order valence-corrected chi connectivity index (χ0v) is 13.4. The van der Waals surface area contributed by atoms with Crippen LogP contribution in [0.5, 0.6) is 5.75 Å². The van der Waals surface area contributed by atoms with Crippen molar-refractivity contribution in [3.8, 4) is 5.75 Å². The van der Waals surface area contributed by atoms with Gasteiger partial charge in [-0.15, -0.1) is 0 Å². The Bertz CT molecular complexity index is 487. The average molecular weight is 341 g/mol. The van der Waals surface area contributed by atoms with E-state index in [0.717, 1.165) is 17.3 Å².